The fourth-order valence-electron chi connectivity index (χ4n) is 2.17. The summed E-state index contributed by atoms with van der Waals surface area (Å²) in [5, 5.41) is 7.53. The summed E-state index contributed by atoms with van der Waals surface area (Å²) < 4.78 is 39.8. The van der Waals surface area contributed by atoms with Crippen LogP contribution in [0.25, 0.3) is 5.65 Å². The van der Waals surface area contributed by atoms with Crippen LogP contribution in [0.3, 0.4) is 0 Å². The molecule has 0 spiro atoms. The van der Waals surface area contributed by atoms with Gasteiger partial charge in [0, 0.05) is 19.3 Å². The molecule has 132 valence electrons. The molecule has 11 heteroatoms. The Labute approximate surface area is 157 Å². The number of nitrogens with two attached hydrogens (primary N) is 1. The van der Waals surface area contributed by atoms with Crippen LogP contribution in [-0.2, 0) is 12.7 Å². The molecule has 2 N–H and O–H groups in total. The Balaban J connectivity index is 0.00000208. The number of pyridine rings is 1. The zero-order valence-corrected chi connectivity index (χ0v) is 15.7. The Morgan fingerprint density at radius 2 is 2.12 bits per heavy atom. The van der Waals surface area contributed by atoms with Crippen molar-refractivity contribution >= 4 is 47.2 Å². The molecule has 2 aromatic rings. The number of nitrogens with zero attached hydrogens (tertiary/aromatic N) is 5. The highest BCUT2D eigenvalue weighted by Gasteiger charge is 2.32. The molecule has 0 atom stereocenters. The standard InChI is InChI=1S/C13H14ClF3N6.HI/c1-22(8-2-3-8)12(18)19-5-10-20-21-11-9(14)4-7(6-23(10)11)13(15,16)17;/h4,6,8H,2-3,5H2,1H3,(H2,18,19);1H. The largest absolute Gasteiger partial charge is 0.417 e. The summed E-state index contributed by atoms with van der Waals surface area (Å²) >= 11 is 5.85. The van der Waals surface area contributed by atoms with Gasteiger partial charge in [-0.25, -0.2) is 4.99 Å². The Kier molecular flexibility index (Phi) is 5.47. The van der Waals surface area contributed by atoms with Gasteiger partial charge in [0.1, 0.15) is 6.54 Å². The SMILES string of the molecule is CN(C(N)=NCc1nnc2c(Cl)cc(C(F)(F)F)cn12)C1CC1.I. The van der Waals surface area contributed by atoms with Crippen LogP contribution < -0.4 is 5.73 Å². The van der Waals surface area contributed by atoms with Gasteiger partial charge in [-0.05, 0) is 18.9 Å². The highest BCUT2D eigenvalue weighted by molar-refractivity contribution is 14.0. The second-order valence-corrected chi connectivity index (χ2v) is 5.81. The van der Waals surface area contributed by atoms with E-state index in [0.717, 1.165) is 25.1 Å². The van der Waals surface area contributed by atoms with Gasteiger partial charge in [0.05, 0.1) is 10.6 Å². The number of halogens is 5. The van der Waals surface area contributed by atoms with Gasteiger partial charge in [-0.2, -0.15) is 13.2 Å². The lowest BCUT2D eigenvalue weighted by molar-refractivity contribution is -0.137. The van der Waals surface area contributed by atoms with Crippen molar-refractivity contribution in [2.24, 2.45) is 10.7 Å². The molecule has 3 rings (SSSR count). The van der Waals surface area contributed by atoms with E-state index in [1.807, 2.05) is 11.9 Å². The quantitative estimate of drug-likeness (QED) is 0.422. The van der Waals surface area contributed by atoms with Gasteiger partial charge in [0.25, 0.3) is 0 Å². The molecule has 0 saturated heterocycles. The number of rotatable bonds is 3. The fourth-order valence-corrected chi connectivity index (χ4v) is 2.42. The normalized spacial score (nSPS) is 15.5. The molecule has 24 heavy (non-hydrogen) atoms. The average Bonchev–Trinajstić information content (AvgIpc) is 3.24. The molecule has 1 fully saturated rings. The number of guanidine groups is 1. The zero-order chi connectivity index (χ0) is 16.8. The van der Waals surface area contributed by atoms with Crippen LogP contribution in [0, 0.1) is 0 Å². The van der Waals surface area contributed by atoms with Crippen molar-refractivity contribution in [2.45, 2.75) is 31.6 Å². The molecule has 0 unspecified atom stereocenters. The molecule has 0 radical (unpaired) electrons. The Morgan fingerprint density at radius 1 is 1.46 bits per heavy atom. The van der Waals surface area contributed by atoms with Gasteiger partial charge in [0.15, 0.2) is 17.4 Å². The van der Waals surface area contributed by atoms with Crippen molar-refractivity contribution in [3.8, 4) is 0 Å². The summed E-state index contributed by atoms with van der Waals surface area (Å²) in [7, 11) is 1.83. The van der Waals surface area contributed by atoms with Gasteiger partial charge in [-0.15, -0.1) is 34.2 Å². The minimum absolute atomic E-state index is 0. The summed E-state index contributed by atoms with van der Waals surface area (Å²) in [4.78, 5) is 6.02. The number of aromatic nitrogens is 3. The third kappa shape index (κ3) is 3.85. The number of fused-ring (bicyclic) bond motifs is 1. The molecule has 6 nitrogen and oxygen atoms in total. The van der Waals surface area contributed by atoms with E-state index in [1.54, 1.807) is 0 Å². The Hall–Kier alpha value is -1.30. The van der Waals surface area contributed by atoms with Crippen molar-refractivity contribution in [3.63, 3.8) is 0 Å². The van der Waals surface area contributed by atoms with Crippen LogP contribution in [-0.4, -0.2) is 38.5 Å². The summed E-state index contributed by atoms with van der Waals surface area (Å²) in [5.74, 6) is 0.558. The predicted molar refractivity (Wildman–Crippen MR) is 94.5 cm³/mol. The lowest BCUT2D eigenvalue weighted by Gasteiger charge is -2.16. The molecule has 2 heterocycles. The van der Waals surface area contributed by atoms with Crippen molar-refractivity contribution in [1.29, 1.82) is 0 Å². The number of hydrogen-bond acceptors (Lipinski definition) is 3. The molecule has 1 aliphatic carbocycles. The summed E-state index contributed by atoms with van der Waals surface area (Å²) in [5.41, 5.74) is 5.14. The topological polar surface area (TPSA) is 71.8 Å². The Morgan fingerprint density at radius 3 is 2.71 bits per heavy atom. The highest BCUT2D eigenvalue weighted by atomic mass is 127. The second kappa shape index (κ2) is 6.90. The number of aliphatic imine (C=N–C) groups is 1. The molecule has 1 aliphatic rings. The first-order valence-corrected chi connectivity index (χ1v) is 7.28. The highest BCUT2D eigenvalue weighted by Crippen LogP contribution is 2.32. The van der Waals surface area contributed by atoms with Gasteiger partial charge in [-0.3, -0.25) is 4.40 Å². The van der Waals surface area contributed by atoms with E-state index < -0.39 is 11.7 Å². The molecule has 1 saturated carbocycles. The summed E-state index contributed by atoms with van der Waals surface area (Å²) in [6.07, 6.45) is -1.48. The van der Waals surface area contributed by atoms with Crippen LogP contribution in [0.2, 0.25) is 5.02 Å². The first-order valence-electron chi connectivity index (χ1n) is 6.90. The fraction of sp³-hybridized carbons (Fsp3) is 0.462. The van der Waals surface area contributed by atoms with E-state index >= 15 is 0 Å². The van der Waals surface area contributed by atoms with Crippen LogP contribution in [0.15, 0.2) is 17.3 Å². The second-order valence-electron chi connectivity index (χ2n) is 5.40. The monoisotopic (exact) mass is 474 g/mol. The number of alkyl halides is 3. The molecule has 0 amide bonds. The van der Waals surface area contributed by atoms with E-state index in [0.29, 0.717) is 12.0 Å². The van der Waals surface area contributed by atoms with Gasteiger partial charge in [-0.1, -0.05) is 11.6 Å². The third-order valence-corrected chi connectivity index (χ3v) is 3.97. The minimum Gasteiger partial charge on any atom is -0.370 e. The molecule has 0 aromatic carbocycles. The molecular weight excluding hydrogens is 460 g/mol. The first-order chi connectivity index (χ1) is 10.8. The van der Waals surface area contributed by atoms with Crippen LogP contribution in [0.1, 0.15) is 24.2 Å². The Bertz CT molecular complexity index is 771. The van der Waals surface area contributed by atoms with E-state index in [2.05, 4.69) is 15.2 Å². The van der Waals surface area contributed by atoms with Crippen LogP contribution >= 0.6 is 35.6 Å². The average molecular weight is 475 g/mol. The maximum Gasteiger partial charge on any atom is 0.417 e. The zero-order valence-electron chi connectivity index (χ0n) is 12.6. The lowest BCUT2D eigenvalue weighted by atomic mass is 10.3. The first kappa shape index (κ1) is 19.0. The third-order valence-electron chi connectivity index (χ3n) is 3.70. The van der Waals surface area contributed by atoms with E-state index in [4.69, 9.17) is 17.3 Å². The van der Waals surface area contributed by atoms with E-state index in [-0.39, 0.29) is 47.0 Å². The maximum atomic E-state index is 12.9. The predicted octanol–water partition coefficient (Wildman–Crippen LogP) is 2.93. The smallest absolute Gasteiger partial charge is 0.370 e. The van der Waals surface area contributed by atoms with Crippen molar-refractivity contribution < 1.29 is 13.2 Å². The summed E-state index contributed by atoms with van der Waals surface area (Å²) in [6.45, 7) is 0.0156. The molecular formula is C13H15ClF3IN6. The maximum absolute atomic E-state index is 12.9. The molecule has 2 aromatic heterocycles. The minimum atomic E-state index is -4.51. The van der Waals surface area contributed by atoms with Crippen LogP contribution in [0.5, 0.6) is 0 Å². The van der Waals surface area contributed by atoms with Gasteiger partial charge < -0.3 is 10.6 Å². The van der Waals surface area contributed by atoms with Gasteiger partial charge >= 0.3 is 6.18 Å². The molecule has 0 aliphatic heterocycles. The lowest BCUT2D eigenvalue weighted by Crippen LogP contribution is -2.35. The van der Waals surface area contributed by atoms with Crippen molar-refractivity contribution in [3.05, 3.63) is 28.7 Å². The van der Waals surface area contributed by atoms with Crippen LogP contribution in [0.4, 0.5) is 13.2 Å². The summed E-state index contributed by atoms with van der Waals surface area (Å²) in [6, 6.07) is 1.22. The molecule has 0 bridgehead atoms. The van der Waals surface area contributed by atoms with Gasteiger partial charge in [0.2, 0.25) is 0 Å². The van der Waals surface area contributed by atoms with E-state index in [9.17, 15) is 13.2 Å². The van der Waals surface area contributed by atoms with E-state index in [1.165, 1.54) is 4.40 Å². The number of hydrogen-bond donors (Lipinski definition) is 1. The van der Waals surface area contributed by atoms with Crippen molar-refractivity contribution in [1.82, 2.24) is 19.5 Å². The van der Waals surface area contributed by atoms with Crippen molar-refractivity contribution in [2.75, 3.05) is 7.05 Å².